The topological polar surface area (TPSA) is 49.4 Å². The van der Waals surface area contributed by atoms with Crippen LogP contribution in [-0.4, -0.2) is 23.3 Å². The second-order valence-electron chi connectivity index (χ2n) is 6.00. The molecule has 0 spiro atoms. The molecule has 2 aromatic carbocycles. The molecule has 0 aliphatic carbocycles. The van der Waals surface area contributed by atoms with Crippen molar-refractivity contribution in [1.82, 2.24) is 4.90 Å². The molecule has 6 heteroatoms. The number of amides is 2. The SMILES string of the molecule is O=C1CN(C(=O)c2cccs2)[C@@H](c2ccccc2)c2cc(Br)ccc2N1. The van der Waals surface area contributed by atoms with Crippen LogP contribution in [0.5, 0.6) is 0 Å². The first kappa shape index (κ1) is 17.0. The quantitative estimate of drug-likeness (QED) is 0.645. The maximum absolute atomic E-state index is 13.2. The molecule has 2 heterocycles. The molecule has 2 amide bonds. The minimum absolute atomic E-state index is 0.00257. The van der Waals surface area contributed by atoms with Crippen LogP contribution in [0.1, 0.15) is 26.8 Å². The van der Waals surface area contributed by atoms with Gasteiger partial charge in [-0.15, -0.1) is 11.3 Å². The van der Waals surface area contributed by atoms with Gasteiger partial charge in [0.25, 0.3) is 5.91 Å². The van der Waals surface area contributed by atoms with E-state index in [1.165, 1.54) is 11.3 Å². The maximum Gasteiger partial charge on any atom is 0.265 e. The van der Waals surface area contributed by atoms with Gasteiger partial charge in [-0.2, -0.15) is 0 Å². The van der Waals surface area contributed by atoms with E-state index in [1.807, 2.05) is 60.0 Å². The number of benzene rings is 2. The summed E-state index contributed by atoms with van der Waals surface area (Å²) in [6, 6.07) is 18.8. The molecule has 4 rings (SSSR count). The van der Waals surface area contributed by atoms with E-state index in [2.05, 4.69) is 21.2 Å². The highest BCUT2D eigenvalue weighted by atomic mass is 79.9. The number of nitrogens with one attached hydrogen (secondary N) is 1. The highest BCUT2D eigenvalue weighted by Gasteiger charge is 2.34. The molecule has 0 saturated carbocycles. The Balaban J connectivity index is 1.90. The Morgan fingerprint density at radius 3 is 2.65 bits per heavy atom. The zero-order valence-electron chi connectivity index (χ0n) is 13.7. The molecule has 130 valence electrons. The number of hydrogen-bond donors (Lipinski definition) is 1. The maximum atomic E-state index is 13.2. The van der Waals surface area contributed by atoms with Gasteiger partial charge in [0.15, 0.2) is 0 Å². The number of halogens is 1. The van der Waals surface area contributed by atoms with Gasteiger partial charge >= 0.3 is 0 Å². The number of fused-ring (bicyclic) bond motifs is 1. The summed E-state index contributed by atoms with van der Waals surface area (Å²) in [5.41, 5.74) is 2.59. The van der Waals surface area contributed by atoms with Crippen molar-refractivity contribution in [3.8, 4) is 0 Å². The number of hydrogen-bond acceptors (Lipinski definition) is 3. The van der Waals surface area contributed by atoms with Crippen molar-refractivity contribution < 1.29 is 9.59 Å². The van der Waals surface area contributed by atoms with E-state index in [0.717, 1.165) is 21.3 Å². The van der Waals surface area contributed by atoms with Gasteiger partial charge in [-0.1, -0.05) is 52.3 Å². The summed E-state index contributed by atoms with van der Waals surface area (Å²) in [4.78, 5) is 27.9. The highest BCUT2D eigenvalue weighted by Crippen LogP contribution is 2.38. The standard InChI is InChI=1S/C20H15BrN2O2S/c21-14-8-9-16-15(11-14)19(13-5-2-1-3-6-13)23(12-18(24)22-16)20(25)17-7-4-10-26-17/h1-11,19H,12H2,(H,22,24)/t19-/m0/s1. The van der Waals surface area contributed by atoms with E-state index >= 15 is 0 Å². The van der Waals surface area contributed by atoms with Crippen molar-refractivity contribution >= 4 is 44.8 Å². The Labute approximate surface area is 163 Å². The van der Waals surface area contributed by atoms with Crippen LogP contribution in [0.15, 0.2) is 70.5 Å². The van der Waals surface area contributed by atoms with Gasteiger partial charge in [0.05, 0.1) is 10.9 Å². The average Bonchev–Trinajstić information content (AvgIpc) is 3.13. The normalized spacial score (nSPS) is 16.6. The first-order valence-corrected chi connectivity index (χ1v) is 9.79. The zero-order chi connectivity index (χ0) is 18.1. The molecule has 1 aromatic heterocycles. The van der Waals surface area contributed by atoms with Gasteiger partial charge < -0.3 is 10.2 Å². The van der Waals surface area contributed by atoms with E-state index < -0.39 is 0 Å². The largest absolute Gasteiger partial charge is 0.324 e. The second-order valence-corrected chi connectivity index (χ2v) is 7.87. The Morgan fingerprint density at radius 1 is 1.12 bits per heavy atom. The van der Waals surface area contributed by atoms with Gasteiger partial charge in [0, 0.05) is 15.7 Å². The number of carbonyl (C=O) groups excluding carboxylic acids is 2. The number of anilines is 1. The lowest BCUT2D eigenvalue weighted by Crippen LogP contribution is -2.38. The summed E-state index contributed by atoms with van der Waals surface area (Å²) in [6.45, 7) is 0.00257. The van der Waals surface area contributed by atoms with E-state index in [4.69, 9.17) is 0 Å². The summed E-state index contributed by atoms with van der Waals surface area (Å²) in [5, 5.41) is 4.80. The lowest BCUT2D eigenvalue weighted by molar-refractivity contribution is -0.117. The minimum atomic E-state index is -0.350. The van der Waals surface area contributed by atoms with Crippen LogP contribution in [0.3, 0.4) is 0 Å². The molecule has 0 unspecified atom stereocenters. The fraction of sp³-hybridized carbons (Fsp3) is 0.100. The Hall–Kier alpha value is -2.44. The van der Waals surface area contributed by atoms with Gasteiger partial charge in [-0.25, -0.2) is 0 Å². The molecule has 1 aliphatic rings. The monoisotopic (exact) mass is 426 g/mol. The Bertz CT molecular complexity index is 957. The van der Waals surface area contributed by atoms with E-state index in [1.54, 1.807) is 11.0 Å². The third kappa shape index (κ3) is 3.18. The van der Waals surface area contributed by atoms with Crippen molar-refractivity contribution in [3.63, 3.8) is 0 Å². The Morgan fingerprint density at radius 2 is 1.92 bits per heavy atom. The van der Waals surface area contributed by atoms with Gasteiger partial charge in [-0.3, -0.25) is 9.59 Å². The molecular weight excluding hydrogens is 412 g/mol. The summed E-state index contributed by atoms with van der Waals surface area (Å²) in [7, 11) is 0. The lowest BCUT2D eigenvalue weighted by Gasteiger charge is -2.30. The van der Waals surface area contributed by atoms with Gasteiger partial charge in [0.2, 0.25) is 5.91 Å². The first-order valence-electron chi connectivity index (χ1n) is 8.12. The van der Waals surface area contributed by atoms with Crippen LogP contribution in [0.25, 0.3) is 0 Å². The molecule has 1 atom stereocenters. The van der Waals surface area contributed by atoms with Gasteiger partial charge in [-0.05, 0) is 35.2 Å². The van der Waals surface area contributed by atoms with Crippen LogP contribution in [0.2, 0.25) is 0 Å². The van der Waals surface area contributed by atoms with Crippen molar-refractivity contribution in [3.05, 3.63) is 86.5 Å². The van der Waals surface area contributed by atoms with Crippen LogP contribution in [-0.2, 0) is 4.79 Å². The third-order valence-electron chi connectivity index (χ3n) is 4.32. The molecule has 0 saturated heterocycles. The molecule has 0 bridgehead atoms. The van der Waals surface area contributed by atoms with Crippen LogP contribution < -0.4 is 5.32 Å². The summed E-state index contributed by atoms with van der Waals surface area (Å²) >= 11 is 4.89. The molecule has 4 nitrogen and oxygen atoms in total. The van der Waals surface area contributed by atoms with Crippen molar-refractivity contribution in [1.29, 1.82) is 0 Å². The fourth-order valence-corrected chi connectivity index (χ4v) is 4.26. The molecule has 3 aromatic rings. The fourth-order valence-electron chi connectivity index (χ4n) is 3.20. The summed E-state index contributed by atoms with van der Waals surface area (Å²) in [6.07, 6.45) is 0. The predicted octanol–water partition coefficient (Wildman–Crippen LogP) is 4.69. The van der Waals surface area contributed by atoms with Crippen LogP contribution in [0, 0.1) is 0 Å². The van der Waals surface area contributed by atoms with E-state index in [0.29, 0.717) is 4.88 Å². The predicted molar refractivity (Wildman–Crippen MR) is 106 cm³/mol. The van der Waals surface area contributed by atoms with Crippen molar-refractivity contribution in [2.24, 2.45) is 0 Å². The molecule has 1 aliphatic heterocycles. The minimum Gasteiger partial charge on any atom is -0.324 e. The van der Waals surface area contributed by atoms with Crippen LogP contribution in [0.4, 0.5) is 5.69 Å². The van der Waals surface area contributed by atoms with E-state index in [-0.39, 0.29) is 24.4 Å². The molecule has 0 radical (unpaired) electrons. The lowest BCUT2D eigenvalue weighted by atomic mass is 9.96. The van der Waals surface area contributed by atoms with Crippen molar-refractivity contribution in [2.75, 3.05) is 11.9 Å². The molecule has 0 fully saturated rings. The number of carbonyl (C=O) groups is 2. The molecule has 26 heavy (non-hydrogen) atoms. The molecule has 1 N–H and O–H groups in total. The third-order valence-corrected chi connectivity index (χ3v) is 5.67. The Kier molecular flexibility index (Phi) is 4.61. The summed E-state index contributed by atoms with van der Waals surface area (Å²) in [5.74, 6) is -0.339. The highest BCUT2D eigenvalue weighted by molar-refractivity contribution is 9.10. The first-order chi connectivity index (χ1) is 12.6. The molecular formula is C20H15BrN2O2S. The number of nitrogens with zero attached hydrogens (tertiary/aromatic N) is 1. The number of rotatable bonds is 2. The zero-order valence-corrected chi connectivity index (χ0v) is 16.1. The summed E-state index contributed by atoms with van der Waals surface area (Å²) < 4.78 is 0.900. The second kappa shape index (κ2) is 7.05. The smallest absolute Gasteiger partial charge is 0.265 e. The van der Waals surface area contributed by atoms with Gasteiger partial charge in [0.1, 0.15) is 6.54 Å². The average molecular weight is 427 g/mol. The van der Waals surface area contributed by atoms with Crippen molar-refractivity contribution in [2.45, 2.75) is 6.04 Å². The number of thiophene rings is 1. The van der Waals surface area contributed by atoms with Crippen LogP contribution >= 0.6 is 27.3 Å². The van der Waals surface area contributed by atoms with E-state index in [9.17, 15) is 9.59 Å².